The fraction of sp³-hybridized carbons (Fsp3) is 0.333. The molecule has 0 fully saturated rings. The summed E-state index contributed by atoms with van der Waals surface area (Å²) in [6, 6.07) is 5.91. The molecule has 0 atom stereocenters. The molecule has 1 heterocycles. The highest BCUT2D eigenvalue weighted by Gasteiger charge is 2.11. The van der Waals surface area contributed by atoms with Crippen molar-refractivity contribution in [2.45, 2.75) is 18.8 Å². The summed E-state index contributed by atoms with van der Waals surface area (Å²) in [7, 11) is -1.59. The van der Waals surface area contributed by atoms with E-state index in [2.05, 4.69) is 25.8 Å². The molecule has 0 unspecified atom stereocenters. The maximum absolute atomic E-state index is 13.5. The molecule has 0 spiro atoms. The first-order valence-electron chi connectivity index (χ1n) is 7.25. The average Bonchev–Trinajstić information content (AvgIpc) is 3.02. The van der Waals surface area contributed by atoms with Crippen molar-refractivity contribution in [1.82, 2.24) is 20.8 Å². The highest BCUT2D eigenvalue weighted by molar-refractivity contribution is 14.0. The third kappa shape index (κ3) is 7.38. The summed E-state index contributed by atoms with van der Waals surface area (Å²) < 4.78 is 36.5. The Morgan fingerprint density at radius 3 is 2.56 bits per heavy atom. The SMILES string of the molecule is CN=C(NCc1ccn[nH]1)NCc1cc(F)ccc1CS(C)(=O)=O.I. The van der Waals surface area contributed by atoms with Gasteiger partial charge >= 0.3 is 0 Å². The molecule has 0 saturated carbocycles. The Bertz CT molecular complexity index is 809. The van der Waals surface area contributed by atoms with Crippen molar-refractivity contribution < 1.29 is 12.8 Å². The summed E-state index contributed by atoms with van der Waals surface area (Å²) in [6.07, 6.45) is 2.80. The van der Waals surface area contributed by atoms with Crippen LogP contribution in [-0.2, 0) is 28.7 Å². The molecule has 138 valence electrons. The summed E-state index contributed by atoms with van der Waals surface area (Å²) in [5.74, 6) is -0.0339. The lowest BCUT2D eigenvalue weighted by Crippen LogP contribution is -2.36. The molecule has 7 nitrogen and oxygen atoms in total. The van der Waals surface area contributed by atoms with Gasteiger partial charge in [0.25, 0.3) is 0 Å². The molecule has 1 aromatic heterocycles. The molecule has 0 saturated heterocycles. The fourth-order valence-corrected chi connectivity index (χ4v) is 2.99. The lowest BCUT2D eigenvalue weighted by molar-refractivity contribution is 0.599. The number of hydrogen-bond acceptors (Lipinski definition) is 4. The predicted molar refractivity (Wildman–Crippen MR) is 106 cm³/mol. The molecule has 1 aromatic carbocycles. The van der Waals surface area contributed by atoms with E-state index in [1.54, 1.807) is 13.2 Å². The van der Waals surface area contributed by atoms with Gasteiger partial charge in [-0.3, -0.25) is 10.1 Å². The molecule has 3 N–H and O–H groups in total. The second-order valence-corrected chi connectivity index (χ2v) is 7.48. The molecule has 0 radical (unpaired) electrons. The quantitative estimate of drug-likeness (QED) is 0.331. The van der Waals surface area contributed by atoms with Crippen molar-refractivity contribution in [3.8, 4) is 0 Å². The summed E-state index contributed by atoms with van der Waals surface area (Å²) in [6.45, 7) is 0.754. The van der Waals surface area contributed by atoms with Gasteiger partial charge in [-0.15, -0.1) is 24.0 Å². The van der Waals surface area contributed by atoms with E-state index in [-0.39, 0.29) is 36.3 Å². The van der Waals surface area contributed by atoms with Gasteiger partial charge in [0.1, 0.15) is 5.82 Å². The summed E-state index contributed by atoms with van der Waals surface area (Å²) >= 11 is 0. The molecule has 0 aliphatic heterocycles. The minimum absolute atomic E-state index is 0. The van der Waals surface area contributed by atoms with Crippen LogP contribution < -0.4 is 10.6 Å². The Morgan fingerprint density at radius 2 is 1.96 bits per heavy atom. The summed E-state index contributed by atoms with van der Waals surface area (Å²) in [4.78, 5) is 4.08. The van der Waals surface area contributed by atoms with E-state index in [4.69, 9.17) is 0 Å². The van der Waals surface area contributed by atoms with E-state index in [0.29, 0.717) is 23.6 Å². The number of rotatable bonds is 6. The van der Waals surface area contributed by atoms with Crippen molar-refractivity contribution in [3.63, 3.8) is 0 Å². The topological polar surface area (TPSA) is 99.2 Å². The summed E-state index contributed by atoms with van der Waals surface area (Å²) in [5, 5.41) is 12.8. The zero-order valence-electron chi connectivity index (χ0n) is 13.9. The van der Waals surface area contributed by atoms with Gasteiger partial charge in [0, 0.05) is 26.0 Å². The highest BCUT2D eigenvalue weighted by atomic mass is 127. The van der Waals surface area contributed by atoms with Gasteiger partial charge in [0.15, 0.2) is 15.8 Å². The number of sulfone groups is 1. The maximum atomic E-state index is 13.5. The number of aromatic nitrogens is 2. The van der Waals surface area contributed by atoms with E-state index in [1.807, 2.05) is 6.07 Å². The molecule has 0 aliphatic carbocycles. The van der Waals surface area contributed by atoms with Crippen LogP contribution >= 0.6 is 24.0 Å². The normalized spacial score (nSPS) is 11.7. The molecule has 0 aliphatic rings. The van der Waals surface area contributed by atoms with Crippen LogP contribution in [0.3, 0.4) is 0 Å². The van der Waals surface area contributed by atoms with Crippen LogP contribution in [-0.4, -0.2) is 37.9 Å². The number of nitrogens with one attached hydrogen (secondary N) is 3. The maximum Gasteiger partial charge on any atom is 0.191 e. The van der Waals surface area contributed by atoms with Crippen LogP contribution in [0, 0.1) is 5.82 Å². The van der Waals surface area contributed by atoms with Gasteiger partial charge in [-0.25, -0.2) is 12.8 Å². The molecule has 0 bridgehead atoms. The largest absolute Gasteiger partial charge is 0.352 e. The molecule has 2 aromatic rings. The highest BCUT2D eigenvalue weighted by Crippen LogP contribution is 2.14. The minimum Gasteiger partial charge on any atom is -0.352 e. The van der Waals surface area contributed by atoms with Crippen molar-refractivity contribution in [2.24, 2.45) is 4.99 Å². The Hall–Kier alpha value is -1.69. The molecular formula is C15H21FIN5O2S. The number of guanidine groups is 1. The van der Waals surface area contributed by atoms with Crippen LogP contribution in [0.25, 0.3) is 0 Å². The number of aliphatic imine (C=N–C) groups is 1. The van der Waals surface area contributed by atoms with Gasteiger partial charge in [0.05, 0.1) is 18.0 Å². The summed E-state index contributed by atoms with van der Waals surface area (Å²) in [5.41, 5.74) is 2.03. The van der Waals surface area contributed by atoms with E-state index in [1.165, 1.54) is 18.2 Å². The van der Waals surface area contributed by atoms with Crippen molar-refractivity contribution in [2.75, 3.05) is 13.3 Å². The zero-order valence-corrected chi connectivity index (χ0v) is 17.1. The lowest BCUT2D eigenvalue weighted by atomic mass is 10.1. The van der Waals surface area contributed by atoms with Crippen LogP contribution in [0.5, 0.6) is 0 Å². The van der Waals surface area contributed by atoms with Gasteiger partial charge in [-0.05, 0) is 29.3 Å². The number of hydrogen-bond donors (Lipinski definition) is 3. The van der Waals surface area contributed by atoms with Crippen LogP contribution in [0.4, 0.5) is 4.39 Å². The molecule has 25 heavy (non-hydrogen) atoms. The third-order valence-electron chi connectivity index (χ3n) is 3.26. The molecule has 2 rings (SSSR count). The van der Waals surface area contributed by atoms with Gasteiger partial charge in [-0.1, -0.05) is 6.07 Å². The smallest absolute Gasteiger partial charge is 0.191 e. The minimum atomic E-state index is -3.20. The van der Waals surface area contributed by atoms with Crippen LogP contribution in [0.2, 0.25) is 0 Å². The van der Waals surface area contributed by atoms with Gasteiger partial charge in [-0.2, -0.15) is 5.10 Å². The number of aromatic amines is 1. The Balaban J connectivity index is 0.00000312. The fourth-order valence-electron chi connectivity index (χ4n) is 2.14. The van der Waals surface area contributed by atoms with E-state index in [0.717, 1.165) is 11.9 Å². The molecule has 0 amide bonds. The van der Waals surface area contributed by atoms with E-state index < -0.39 is 15.7 Å². The van der Waals surface area contributed by atoms with Crippen LogP contribution in [0.1, 0.15) is 16.8 Å². The number of H-pyrrole nitrogens is 1. The van der Waals surface area contributed by atoms with Crippen LogP contribution in [0.15, 0.2) is 35.5 Å². The van der Waals surface area contributed by atoms with Gasteiger partial charge in [0.2, 0.25) is 0 Å². The zero-order chi connectivity index (χ0) is 17.6. The molecular weight excluding hydrogens is 460 g/mol. The average molecular weight is 481 g/mol. The monoisotopic (exact) mass is 481 g/mol. The lowest BCUT2D eigenvalue weighted by Gasteiger charge is -2.14. The first-order chi connectivity index (χ1) is 11.4. The van der Waals surface area contributed by atoms with Gasteiger partial charge < -0.3 is 10.6 Å². The first kappa shape index (κ1) is 21.4. The Labute approximate surface area is 163 Å². The van der Waals surface area contributed by atoms with E-state index >= 15 is 0 Å². The number of benzene rings is 1. The first-order valence-corrected chi connectivity index (χ1v) is 9.31. The third-order valence-corrected chi connectivity index (χ3v) is 4.10. The Morgan fingerprint density at radius 1 is 1.24 bits per heavy atom. The van der Waals surface area contributed by atoms with E-state index in [9.17, 15) is 12.8 Å². The number of halogens is 2. The number of nitrogens with zero attached hydrogens (tertiary/aromatic N) is 2. The molecule has 10 heteroatoms. The Kier molecular flexibility index (Phi) is 8.29. The second kappa shape index (κ2) is 9.70. The van der Waals surface area contributed by atoms with Crippen molar-refractivity contribution in [3.05, 3.63) is 53.1 Å². The predicted octanol–water partition coefficient (Wildman–Crippen LogP) is 1.58. The standard InChI is InChI=1S/C15H20FN5O2S.HI/c1-17-15(19-9-14-5-6-20-21-14)18-8-12-7-13(16)4-3-11(12)10-24(2,22)23;/h3-7H,8-10H2,1-2H3,(H,20,21)(H2,17,18,19);1H. The second-order valence-electron chi connectivity index (χ2n) is 5.34. The van der Waals surface area contributed by atoms with Crippen molar-refractivity contribution >= 4 is 39.8 Å². The van der Waals surface area contributed by atoms with Crippen molar-refractivity contribution in [1.29, 1.82) is 0 Å².